The van der Waals surface area contributed by atoms with E-state index in [4.69, 9.17) is 4.74 Å². The Morgan fingerprint density at radius 2 is 1.74 bits per heavy atom. The summed E-state index contributed by atoms with van der Waals surface area (Å²) in [5, 5.41) is 0. The van der Waals surface area contributed by atoms with E-state index in [1.54, 1.807) is 0 Å². The maximum Gasteiger partial charge on any atom is 0.279 e. The van der Waals surface area contributed by atoms with Crippen LogP contribution in [0.5, 0.6) is 0 Å². The van der Waals surface area contributed by atoms with Crippen molar-refractivity contribution in [2.75, 3.05) is 13.1 Å². The first kappa shape index (κ1) is 21.9. The van der Waals surface area contributed by atoms with E-state index >= 15 is 0 Å². The number of morpholine rings is 1. The van der Waals surface area contributed by atoms with Gasteiger partial charge in [-0.25, -0.2) is 8.42 Å². The largest absolute Gasteiger partial charge is 0.373 e. The van der Waals surface area contributed by atoms with Crippen molar-refractivity contribution < 1.29 is 17.9 Å². The molecule has 164 valence electrons. The molecule has 7 nitrogen and oxygen atoms in total. The highest BCUT2D eigenvalue weighted by Crippen LogP contribution is 2.22. The van der Waals surface area contributed by atoms with Crippen molar-refractivity contribution >= 4 is 37.5 Å². The number of para-hydroxylation sites is 1. The van der Waals surface area contributed by atoms with E-state index in [2.05, 4.69) is 4.99 Å². The van der Waals surface area contributed by atoms with Crippen molar-refractivity contribution in [3.05, 3.63) is 58.9 Å². The van der Waals surface area contributed by atoms with Crippen LogP contribution < -0.4 is 4.80 Å². The lowest BCUT2D eigenvalue weighted by molar-refractivity contribution is -0.0440. The molecular weight excluding hydrogens is 434 g/mol. The number of sulfonamides is 1. The second-order valence-electron chi connectivity index (χ2n) is 7.62. The molecule has 1 amide bonds. The summed E-state index contributed by atoms with van der Waals surface area (Å²) in [6, 6.07) is 13.9. The number of ether oxygens (including phenoxy) is 1. The first-order chi connectivity index (χ1) is 14.8. The van der Waals surface area contributed by atoms with Crippen LogP contribution in [-0.2, 0) is 21.3 Å². The molecule has 0 bridgehead atoms. The number of hydrogen-bond acceptors (Lipinski definition) is 5. The smallest absolute Gasteiger partial charge is 0.279 e. The van der Waals surface area contributed by atoms with Gasteiger partial charge in [0, 0.05) is 25.2 Å². The Morgan fingerprint density at radius 1 is 1.10 bits per heavy atom. The molecule has 0 N–H and O–H groups in total. The molecule has 1 aliphatic heterocycles. The predicted molar refractivity (Wildman–Crippen MR) is 121 cm³/mol. The van der Waals surface area contributed by atoms with Crippen LogP contribution in [0, 0.1) is 0 Å². The molecule has 2 atom stereocenters. The molecule has 0 aliphatic carbocycles. The fraction of sp³-hybridized carbons (Fsp3) is 0.364. The van der Waals surface area contributed by atoms with Gasteiger partial charge in [0.25, 0.3) is 5.91 Å². The summed E-state index contributed by atoms with van der Waals surface area (Å²) in [4.78, 5) is 17.9. The van der Waals surface area contributed by atoms with Crippen molar-refractivity contribution in [1.82, 2.24) is 8.87 Å². The zero-order valence-corrected chi connectivity index (χ0v) is 19.3. The monoisotopic (exact) mass is 459 g/mol. The molecule has 1 aliphatic rings. The second kappa shape index (κ2) is 8.66. The summed E-state index contributed by atoms with van der Waals surface area (Å²) in [7, 11) is -3.65. The Balaban J connectivity index is 1.61. The van der Waals surface area contributed by atoms with Gasteiger partial charge in [0.05, 0.1) is 27.3 Å². The van der Waals surface area contributed by atoms with E-state index in [9.17, 15) is 13.2 Å². The van der Waals surface area contributed by atoms with Crippen LogP contribution in [0.15, 0.2) is 58.4 Å². The van der Waals surface area contributed by atoms with Crippen LogP contribution in [0.1, 0.15) is 31.1 Å². The lowest BCUT2D eigenvalue weighted by atomic mass is 10.2. The zero-order chi connectivity index (χ0) is 22.2. The molecule has 1 saturated heterocycles. The topological polar surface area (TPSA) is 81.0 Å². The number of fused-ring (bicyclic) bond motifs is 1. The maximum absolute atomic E-state index is 13.0. The zero-order valence-electron chi connectivity index (χ0n) is 17.7. The normalized spacial score (nSPS) is 20.9. The predicted octanol–water partition coefficient (Wildman–Crippen LogP) is 3.26. The van der Waals surface area contributed by atoms with Gasteiger partial charge in [0.2, 0.25) is 10.0 Å². The molecule has 3 aromatic rings. The first-order valence-electron chi connectivity index (χ1n) is 10.2. The summed E-state index contributed by atoms with van der Waals surface area (Å²) in [5.74, 6) is -0.397. The van der Waals surface area contributed by atoms with Gasteiger partial charge in [0.15, 0.2) is 4.80 Å². The Kier molecular flexibility index (Phi) is 6.11. The number of thiazole rings is 1. The van der Waals surface area contributed by atoms with Crippen molar-refractivity contribution in [2.24, 2.45) is 4.99 Å². The second-order valence-corrected chi connectivity index (χ2v) is 10.6. The summed E-state index contributed by atoms with van der Waals surface area (Å²) in [6.45, 7) is 7.05. The van der Waals surface area contributed by atoms with E-state index in [0.29, 0.717) is 30.0 Å². The van der Waals surface area contributed by atoms with Crippen molar-refractivity contribution in [2.45, 2.75) is 44.4 Å². The molecular formula is C22H25N3O4S2. The molecule has 0 saturated carbocycles. The quantitative estimate of drug-likeness (QED) is 0.600. The van der Waals surface area contributed by atoms with Crippen molar-refractivity contribution in [3.63, 3.8) is 0 Å². The molecule has 0 radical (unpaired) electrons. The van der Waals surface area contributed by atoms with Gasteiger partial charge in [-0.05, 0) is 57.2 Å². The van der Waals surface area contributed by atoms with Gasteiger partial charge in [-0.15, -0.1) is 0 Å². The average molecular weight is 460 g/mol. The van der Waals surface area contributed by atoms with E-state index in [1.807, 2.05) is 49.6 Å². The van der Waals surface area contributed by atoms with Crippen LogP contribution in [0.3, 0.4) is 0 Å². The van der Waals surface area contributed by atoms with Crippen molar-refractivity contribution in [3.8, 4) is 0 Å². The molecule has 1 fully saturated rings. The molecule has 9 heteroatoms. The maximum atomic E-state index is 13.0. The summed E-state index contributed by atoms with van der Waals surface area (Å²) in [5.41, 5.74) is 1.39. The Labute approximate surface area is 185 Å². The number of aryl methyl sites for hydroxylation is 1. The van der Waals surface area contributed by atoms with Crippen LogP contribution in [-0.4, -0.2) is 48.5 Å². The fourth-order valence-electron chi connectivity index (χ4n) is 3.81. The molecule has 31 heavy (non-hydrogen) atoms. The van der Waals surface area contributed by atoms with Gasteiger partial charge in [0.1, 0.15) is 0 Å². The van der Waals surface area contributed by atoms with Crippen LogP contribution in [0.25, 0.3) is 10.2 Å². The van der Waals surface area contributed by atoms with Crippen LogP contribution >= 0.6 is 11.3 Å². The lowest BCUT2D eigenvalue weighted by Gasteiger charge is -2.34. The van der Waals surface area contributed by atoms with E-state index < -0.39 is 15.9 Å². The number of nitrogens with zero attached hydrogens (tertiary/aromatic N) is 3. The van der Waals surface area contributed by atoms with Gasteiger partial charge in [-0.2, -0.15) is 9.30 Å². The third-order valence-corrected chi connectivity index (χ3v) is 8.13. The highest BCUT2D eigenvalue weighted by molar-refractivity contribution is 7.89. The first-order valence-corrected chi connectivity index (χ1v) is 12.5. The number of rotatable bonds is 4. The third kappa shape index (κ3) is 4.36. The highest BCUT2D eigenvalue weighted by atomic mass is 32.2. The minimum absolute atomic E-state index is 0.162. The van der Waals surface area contributed by atoms with Crippen LogP contribution in [0.4, 0.5) is 0 Å². The van der Waals surface area contributed by atoms with Crippen molar-refractivity contribution in [1.29, 1.82) is 0 Å². The Morgan fingerprint density at radius 3 is 2.39 bits per heavy atom. The Bertz CT molecular complexity index is 1270. The fourth-order valence-corrected chi connectivity index (χ4v) is 6.49. The molecule has 0 spiro atoms. The lowest BCUT2D eigenvalue weighted by Crippen LogP contribution is -2.48. The SMILES string of the molecule is CCn1c(=NC(=O)c2ccc(S(=O)(=O)N3C[C@@H](C)O[C@H](C)C3)cc2)sc2ccccc21. The molecule has 4 rings (SSSR count). The number of amides is 1. The van der Waals surface area contributed by atoms with E-state index in [-0.39, 0.29) is 17.1 Å². The van der Waals surface area contributed by atoms with Gasteiger partial charge in [-0.1, -0.05) is 23.5 Å². The summed E-state index contributed by atoms with van der Waals surface area (Å²) in [6.07, 6.45) is -0.325. The highest BCUT2D eigenvalue weighted by Gasteiger charge is 2.32. The minimum Gasteiger partial charge on any atom is -0.373 e. The third-order valence-electron chi connectivity index (χ3n) is 5.23. The van der Waals surface area contributed by atoms with E-state index in [1.165, 1.54) is 39.9 Å². The van der Waals surface area contributed by atoms with Crippen LogP contribution in [0.2, 0.25) is 0 Å². The number of carbonyl (C=O) groups excluding carboxylic acids is 1. The molecule has 2 aromatic carbocycles. The summed E-state index contributed by atoms with van der Waals surface area (Å²) >= 11 is 1.46. The van der Waals surface area contributed by atoms with Gasteiger partial charge in [-0.3, -0.25) is 4.79 Å². The number of carbonyl (C=O) groups is 1. The van der Waals surface area contributed by atoms with E-state index in [0.717, 1.165) is 10.2 Å². The number of hydrogen-bond donors (Lipinski definition) is 0. The molecule has 1 aromatic heterocycles. The molecule has 2 heterocycles. The Hall–Kier alpha value is -2.33. The minimum atomic E-state index is -3.65. The van der Waals surface area contributed by atoms with Gasteiger partial charge >= 0.3 is 0 Å². The average Bonchev–Trinajstić information content (AvgIpc) is 3.10. The van der Waals surface area contributed by atoms with Gasteiger partial charge < -0.3 is 9.30 Å². The summed E-state index contributed by atoms with van der Waals surface area (Å²) < 4.78 is 36.1. The molecule has 0 unspecified atom stereocenters. The number of aromatic nitrogens is 1. The number of benzene rings is 2. The standard InChI is InChI=1S/C22H25N3O4S2/c1-4-25-19-7-5-6-8-20(19)30-22(25)23-21(26)17-9-11-18(12-10-17)31(27,28)24-13-15(2)29-16(3)14-24/h5-12,15-16H,4,13-14H2,1-3H3/t15-,16-/m1/s1.